The lowest BCUT2D eigenvalue weighted by atomic mass is 9.95. The molecule has 10 heteroatoms. The van der Waals surface area contributed by atoms with Crippen LogP contribution in [0.15, 0.2) is 78.4 Å². The van der Waals surface area contributed by atoms with Crippen molar-refractivity contribution in [2.24, 2.45) is 0 Å². The molecule has 1 aromatic heterocycles. The zero-order valence-electron chi connectivity index (χ0n) is 24.1. The number of amides is 1. The minimum absolute atomic E-state index is 0.103. The maximum Gasteiger partial charge on any atom is 0.350 e. The van der Waals surface area contributed by atoms with E-state index in [1.54, 1.807) is 62.4 Å². The molecule has 0 spiro atoms. The van der Waals surface area contributed by atoms with Crippen LogP contribution in [-0.2, 0) is 20.9 Å². The smallest absolute Gasteiger partial charge is 0.350 e. The summed E-state index contributed by atoms with van der Waals surface area (Å²) >= 11 is 0.955. The molecule has 1 aliphatic rings. The van der Waals surface area contributed by atoms with Crippen molar-refractivity contribution in [1.29, 1.82) is 0 Å². The summed E-state index contributed by atoms with van der Waals surface area (Å²) in [5, 5.41) is 11.6. The summed E-state index contributed by atoms with van der Waals surface area (Å²) in [6.07, 6.45) is 0. The van der Waals surface area contributed by atoms with Gasteiger partial charge in [-0.3, -0.25) is 14.5 Å². The second-order valence-corrected chi connectivity index (χ2v) is 10.8. The maximum absolute atomic E-state index is 13.5. The highest BCUT2D eigenvalue weighted by molar-refractivity contribution is 7.17. The van der Waals surface area contributed by atoms with Gasteiger partial charge in [-0.1, -0.05) is 47.7 Å². The number of aromatic nitrogens is 1. The third-order valence-electron chi connectivity index (χ3n) is 7.11. The largest absolute Gasteiger partial charge is 0.507 e. The van der Waals surface area contributed by atoms with Crippen LogP contribution < -0.4 is 14.4 Å². The molecule has 3 aromatic carbocycles. The standard InChI is InChI=1S/C33H30N2O7S/c1-5-41-32(39)30-20(3)34-33(43-30)35-27(21-10-14-24(40-4)15-11-21)26(29(37)31(35)38)28(36)22-12-16-25(17-13-22)42-18-23-9-7-6-8-19(23)2/h6-17,27,36H,5,18H2,1-4H3/b28-26+. The van der Waals surface area contributed by atoms with E-state index in [9.17, 15) is 19.5 Å². The number of ether oxygens (including phenoxy) is 3. The molecule has 1 atom stereocenters. The first kappa shape index (κ1) is 29.5. The molecule has 1 unspecified atom stereocenters. The van der Waals surface area contributed by atoms with Gasteiger partial charge < -0.3 is 19.3 Å². The molecule has 1 saturated heterocycles. The highest BCUT2D eigenvalue weighted by Crippen LogP contribution is 2.44. The molecule has 1 aliphatic heterocycles. The van der Waals surface area contributed by atoms with E-state index in [0.29, 0.717) is 34.9 Å². The number of anilines is 1. The fourth-order valence-electron chi connectivity index (χ4n) is 4.80. The van der Waals surface area contributed by atoms with Gasteiger partial charge in [0.05, 0.1) is 31.0 Å². The Labute approximate surface area is 253 Å². The van der Waals surface area contributed by atoms with Gasteiger partial charge in [-0.25, -0.2) is 9.78 Å². The van der Waals surface area contributed by atoms with Crippen molar-refractivity contribution in [2.45, 2.75) is 33.4 Å². The van der Waals surface area contributed by atoms with Crippen molar-refractivity contribution in [3.05, 3.63) is 111 Å². The summed E-state index contributed by atoms with van der Waals surface area (Å²) in [7, 11) is 1.53. The molecule has 43 heavy (non-hydrogen) atoms. The molecule has 2 heterocycles. The number of carbonyl (C=O) groups excluding carboxylic acids is 3. The third kappa shape index (κ3) is 5.87. The quantitative estimate of drug-likeness (QED) is 0.106. The van der Waals surface area contributed by atoms with E-state index in [2.05, 4.69) is 4.98 Å². The van der Waals surface area contributed by atoms with Crippen molar-refractivity contribution in [3.8, 4) is 11.5 Å². The predicted octanol–water partition coefficient (Wildman–Crippen LogP) is 6.15. The van der Waals surface area contributed by atoms with Crippen molar-refractivity contribution in [2.75, 3.05) is 18.6 Å². The Morgan fingerprint density at radius 2 is 1.65 bits per heavy atom. The number of thiazole rings is 1. The Morgan fingerprint density at radius 3 is 2.30 bits per heavy atom. The number of rotatable bonds is 9. The summed E-state index contributed by atoms with van der Waals surface area (Å²) < 4.78 is 16.3. The minimum atomic E-state index is -1.01. The summed E-state index contributed by atoms with van der Waals surface area (Å²) in [5.41, 5.74) is 3.32. The van der Waals surface area contributed by atoms with Crippen molar-refractivity contribution in [1.82, 2.24) is 4.98 Å². The molecule has 0 aliphatic carbocycles. The number of ketones is 1. The van der Waals surface area contributed by atoms with Gasteiger partial charge in [0.1, 0.15) is 28.7 Å². The summed E-state index contributed by atoms with van der Waals surface area (Å²) in [6, 6.07) is 20.4. The van der Waals surface area contributed by atoms with Crippen LogP contribution >= 0.6 is 11.3 Å². The number of carbonyl (C=O) groups is 3. The van der Waals surface area contributed by atoms with Gasteiger partial charge in [0.15, 0.2) is 5.13 Å². The summed E-state index contributed by atoms with van der Waals surface area (Å²) in [4.78, 5) is 45.4. The first-order valence-electron chi connectivity index (χ1n) is 13.6. The number of aryl methyl sites for hydroxylation is 2. The third-order valence-corrected chi connectivity index (χ3v) is 8.25. The van der Waals surface area contributed by atoms with Crippen LogP contribution in [0.25, 0.3) is 5.76 Å². The second-order valence-electron chi connectivity index (χ2n) is 9.81. The monoisotopic (exact) mass is 598 g/mol. The zero-order valence-corrected chi connectivity index (χ0v) is 24.9. The molecule has 1 fully saturated rings. The van der Waals surface area contributed by atoms with Crippen LogP contribution in [0.3, 0.4) is 0 Å². The average Bonchev–Trinajstić information content (AvgIpc) is 3.53. The first-order valence-corrected chi connectivity index (χ1v) is 14.4. The van der Waals surface area contributed by atoms with Crippen LogP contribution in [0.1, 0.15) is 50.6 Å². The molecule has 0 saturated carbocycles. The van der Waals surface area contributed by atoms with E-state index in [0.717, 1.165) is 22.5 Å². The lowest BCUT2D eigenvalue weighted by molar-refractivity contribution is -0.132. The number of hydrogen-bond acceptors (Lipinski definition) is 9. The highest BCUT2D eigenvalue weighted by Gasteiger charge is 2.48. The number of aliphatic hydroxyl groups excluding tert-OH is 1. The van der Waals surface area contributed by atoms with Gasteiger partial charge in [-0.2, -0.15) is 0 Å². The number of aliphatic hydroxyl groups is 1. The first-order chi connectivity index (χ1) is 20.7. The van der Waals surface area contributed by atoms with E-state index < -0.39 is 23.7 Å². The number of nitrogens with zero attached hydrogens (tertiary/aromatic N) is 2. The van der Waals surface area contributed by atoms with Gasteiger partial charge in [0.25, 0.3) is 5.78 Å². The normalized spacial score (nSPS) is 15.9. The zero-order chi connectivity index (χ0) is 30.7. The van der Waals surface area contributed by atoms with E-state index in [1.165, 1.54) is 12.0 Å². The second kappa shape index (κ2) is 12.5. The Morgan fingerprint density at radius 1 is 0.977 bits per heavy atom. The number of Topliss-reactive ketones (excluding diaryl/α,β-unsaturated/α-hetero) is 1. The van der Waals surface area contributed by atoms with Crippen LogP contribution in [-0.4, -0.2) is 41.5 Å². The molecule has 0 radical (unpaired) electrons. The molecule has 1 amide bonds. The lowest BCUT2D eigenvalue weighted by Crippen LogP contribution is -2.29. The highest BCUT2D eigenvalue weighted by atomic mass is 32.1. The number of hydrogen-bond donors (Lipinski definition) is 1. The molecule has 4 aromatic rings. The Bertz CT molecular complexity index is 1710. The van der Waals surface area contributed by atoms with Crippen LogP contribution in [0.2, 0.25) is 0 Å². The van der Waals surface area contributed by atoms with Crippen LogP contribution in [0.5, 0.6) is 11.5 Å². The predicted molar refractivity (Wildman–Crippen MR) is 163 cm³/mol. The van der Waals surface area contributed by atoms with Crippen molar-refractivity contribution >= 4 is 39.9 Å². The Hall–Kier alpha value is -4.96. The molecule has 0 bridgehead atoms. The molecule has 220 valence electrons. The fourth-order valence-corrected chi connectivity index (χ4v) is 5.79. The molecular formula is C33H30N2O7S. The van der Waals surface area contributed by atoms with E-state index in [1.807, 2.05) is 31.2 Å². The summed E-state index contributed by atoms with van der Waals surface area (Å²) in [6.45, 7) is 5.90. The molecule has 9 nitrogen and oxygen atoms in total. The van der Waals surface area contributed by atoms with Crippen LogP contribution in [0.4, 0.5) is 5.13 Å². The molecule has 1 N–H and O–H groups in total. The minimum Gasteiger partial charge on any atom is -0.507 e. The van der Waals surface area contributed by atoms with E-state index >= 15 is 0 Å². The Kier molecular flexibility index (Phi) is 8.58. The lowest BCUT2D eigenvalue weighted by Gasteiger charge is -2.23. The van der Waals surface area contributed by atoms with E-state index in [-0.39, 0.29) is 27.9 Å². The van der Waals surface area contributed by atoms with Gasteiger partial charge in [-0.15, -0.1) is 0 Å². The number of methoxy groups -OCH3 is 1. The topological polar surface area (TPSA) is 115 Å². The van der Waals surface area contributed by atoms with Gasteiger partial charge in [0.2, 0.25) is 0 Å². The Balaban J connectivity index is 1.53. The van der Waals surface area contributed by atoms with Crippen molar-refractivity contribution in [3.63, 3.8) is 0 Å². The fraction of sp³-hybridized carbons (Fsp3) is 0.212. The number of esters is 1. The molecular weight excluding hydrogens is 568 g/mol. The van der Waals surface area contributed by atoms with Gasteiger partial charge in [0, 0.05) is 5.56 Å². The van der Waals surface area contributed by atoms with Crippen LogP contribution in [0, 0.1) is 13.8 Å². The SMILES string of the molecule is CCOC(=O)c1sc(N2C(=O)C(=O)/C(=C(/O)c3ccc(OCc4ccccc4C)cc3)C2c2ccc(OC)cc2)nc1C. The number of benzene rings is 3. The van der Waals surface area contributed by atoms with Gasteiger partial charge >= 0.3 is 11.9 Å². The summed E-state index contributed by atoms with van der Waals surface area (Å²) in [5.74, 6) is -1.49. The average molecular weight is 599 g/mol. The van der Waals surface area contributed by atoms with Gasteiger partial charge in [-0.05, 0) is 73.9 Å². The molecule has 5 rings (SSSR count). The maximum atomic E-state index is 13.5. The van der Waals surface area contributed by atoms with Crippen molar-refractivity contribution < 1.29 is 33.7 Å². The van der Waals surface area contributed by atoms with E-state index in [4.69, 9.17) is 14.2 Å².